The van der Waals surface area contributed by atoms with Crippen LogP contribution in [0.15, 0.2) is 48.9 Å². The van der Waals surface area contributed by atoms with E-state index >= 15 is 0 Å². The molecule has 4 rings (SSSR count). The van der Waals surface area contributed by atoms with Gasteiger partial charge >= 0.3 is 0 Å². The van der Waals surface area contributed by atoms with Gasteiger partial charge in [-0.25, -0.2) is 13.1 Å². The van der Waals surface area contributed by atoms with Gasteiger partial charge < -0.3 is 9.80 Å². The van der Waals surface area contributed by atoms with Crippen LogP contribution in [0.25, 0.3) is 22.0 Å². The molecule has 0 aliphatic carbocycles. The third-order valence-electron chi connectivity index (χ3n) is 5.37. The largest absolute Gasteiger partial charge is 0.369 e. The number of pyridine rings is 2. The van der Waals surface area contributed by atoms with Gasteiger partial charge in [0.15, 0.2) is 0 Å². The zero-order valence-electron chi connectivity index (χ0n) is 17.9. The molecule has 1 aliphatic heterocycles. The minimum absolute atomic E-state index is 0.0109. The Morgan fingerprint density at radius 3 is 2.41 bits per heavy atom. The fraction of sp³-hybridized carbons (Fsp3) is 0.273. The van der Waals surface area contributed by atoms with E-state index in [1.165, 1.54) is 0 Å². The lowest BCUT2D eigenvalue weighted by atomic mass is 9.97. The van der Waals surface area contributed by atoms with Gasteiger partial charge in [-0.05, 0) is 23.8 Å². The summed E-state index contributed by atoms with van der Waals surface area (Å²) in [5.41, 5.74) is 3.56. The van der Waals surface area contributed by atoms with Crippen molar-refractivity contribution < 1.29 is 18.0 Å². The van der Waals surface area contributed by atoms with Gasteiger partial charge in [0.05, 0.1) is 35.8 Å². The van der Waals surface area contributed by atoms with Crippen LogP contribution in [0.2, 0.25) is 0 Å². The second kappa shape index (κ2) is 8.19. The first-order chi connectivity index (χ1) is 15.1. The van der Waals surface area contributed by atoms with E-state index in [0.717, 1.165) is 34.0 Å². The third-order valence-corrected chi connectivity index (χ3v) is 5.92. The molecule has 1 saturated heterocycles. The Kier molecular flexibility index (Phi) is 5.55. The molecule has 32 heavy (non-hydrogen) atoms. The van der Waals surface area contributed by atoms with Crippen LogP contribution in [0.1, 0.15) is 10.4 Å². The molecule has 1 N–H and O–H groups in total. The average molecular weight is 454 g/mol. The second-order valence-corrected chi connectivity index (χ2v) is 9.81. The van der Waals surface area contributed by atoms with Crippen molar-refractivity contribution in [2.45, 2.75) is 0 Å². The van der Waals surface area contributed by atoms with E-state index < -0.39 is 15.9 Å². The van der Waals surface area contributed by atoms with Crippen LogP contribution in [0.5, 0.6) is 0 Å². The van der Waals surface area contributed by atoms with Crippen LogP contribution >= 0.6 is 0 Å². The van der Waals surface area contributed by atoms with Gasteiger partial charge in [0.2, 0.25) is 15.9 Å². The van der Waals surface area contributed by atoms with Gasteiger partial charge in [0.25, 0.3) is 5.91 Å². The highest BCUT2D eigenvalue weighted by molar-refractivity contribution is 7.89. The summed E-state index contributed by atoms with van der Waals surface area (Å²) in [6.07, 6.45) is 6.13. The molecule has 1 fully saturated rings. The SMILES string of the molecule is CN(C)C(=O)C1CN(c2cnc3cncc(-c4ccc(C(=O)NS(C)(=O)=O)cc4)c3c2)C1. The number of benzene rings is 1. The minimum Gasteiger partial charge on any atom is -0.369 e. The van der Waals surface area contributed by atoms with Gasteiger partial charge in [-0.3, -0.25) is 19.6 Å². The van der Waals surface area contributed by atoms with Crippen molar-refractivity contribution in [3.05, 3.63) is 54.5 Å². The fourth-order valence-corrected chi connectivity index (χ4v) is 4.13. The number of anilines is 1. The van der Waals surface area contributed by atoms with Crippen LogP contribution in [0, 0.1) is 5.92 Å². The lowest BCUT2D eigenvalue weighted by molar-refractivity contribution is -0.133. The molecule has 0 atom stereocenters. The standard InChI is InChI=1S/C22H23N5O4S/c1-26(2)22(29)16-12-27(13-16)17-8-18-19(10-23-11-20(18)24-9-17)14-4-6-15(7-5-14)21(28)25-32(3,30)31/h4-11,16H,12-13H2,1-3H3,(H,25,28). The van der Waals surface area contributed by atoms with Crippen LogP contribution in [-0.4, -0.2) is 68.5 Å². The smallest absolute Gasteiger partial charge is 0.264 e. The summed E-state index contributed by atoms with van der Waals surface area (Å²) in [7, 11) is -0.109. The molecule has 3 aromatic rings. The topological polar surface area (TPSA) is 113 Å². The summed E-state index contributed by atoms with van der Waals surface area (Å²) in [6, 6.07) is 8.66. The van der Waals surface area contributed by atoms with E-state index in [4.69, 9.17) is 0 Å². The quantitative estimate of drug-likeness (QED) is 0.623. The number of hydrogen-bond acceptors (Lipinski definition) is 7. The number of amides is 2. The van der Waals surface area contributed by atoms with Gasteiger partial charge in [0, 0.05) is 49.9 Å². The maximum absolute atomic E-state index is 12.1. The number of sulfonamides is 1. The summed E-state index contributed by atoms with van der Waals surface area (Å²) in [6.45, 7) is 1.30. The molecule has 1 aromatic carbocycles. The molecule has 9 nitrogen and oxygen atoms in total. The van der Waals surface area contributed by atoms with E-state index in [2.05, 4.69) is 14.9 Å². The first-order valence-corrected chi connectivity index (χ1v) is 11.8. The zero-order valence-corrected chi connectivity index (χ0v) is 18.8. The Labute approximate surface area is 186 Å². The molecule has 2 aromatic heterocycles. The molecule has 0 spiro atoms. The van der Waals surface area contributed by atoms with Crippen LogP contribution in [0.4, 0.5) is 5.69 Å². The molecule has 1 aliphatic rings. The van der Waals surface area contributed by atoms with Gasteiger partial charge in [-0.1, -0.05) is 12.1 Å². The molecule has 3 heterocycles. The number of fused-ring (bicyclic) bond motifs is 1. The molecule has 0 bridgehead atoms. The van der Waals surface area contributed by atoms with Crippen molar-refractivity contribution in [3.63, 3.8) is 0 Å². The number of nitrogens with zero attached hydrogens (tertiary/aromatic N) is 4. The number of hydrogen-bond donors (Lipinski definition) is 1. The average Bonchev–Trinajstić information content (AvgIpc) is 2.71. The first-order valence-electron chi connectivity index (χ1n) is 9.95. The van der Waals surface area contributed by atoms with Gasteiger partial charge in [-0.15, -0.1) is 0 Å². The molecular formula is C22H23N5O4S. The predicted molar refractivity (Wildman–Crippen MR) is 122 cm³/mol. The van der Waals surface area contributed by atoms with Crippen molar-refractivity contribution in [1.82, 2.24) is 19.6 Å². The number of aromatic nitrogens is 2. The third kappa shape index (κ3) is 4.40. The van der Waals surface area contributed by atoms with E-state index in [1.54, 1.807) is 61.9 Å². The number of rotatable bonds is 5. The van der Waals surface area contributed by atoms with Crippen molar-refractivity contribution >= 4 is 38.4 Å². The first kappa shape index (κ1) is 21.7. The van der Waals surface area contributed by atoms with Gasteiger partial charge in [0.1, 0.15) is 0 Å². The lowest BCUT2D eigenvalue weighted by Crippen LogP contribution is -2.53. The lowest BCUT2D eigenvalue weighted by Gasteiger charge is -2.40. The van der Waals surface area contributed by atoms with Crippen molar-refractivity contribution in [2.24, 2.45) is 5.92 Å². The Balaban J connectivity index is 1.60. The van der Waals surface area contributed by atoms with Crippen LogP contribution in [-0.2, 0) is 14.8 Å². The molecule has 0 saturated carbocycles. The molecule has 166 valence electrons. The van der Waals surface area contributed by atoms with Crippen LogP contribution < -0.4 is 9.62 Å². The Morgan fingerprint density at radius 2 is 1.78 bits per heavy atom. The summed E-state index contributed by atoms with van der Waals surface area (Å²) in [5.74, 6) is -0.568. The predicted octanol–water partition coefficient (Wildman–Crippen LogP) is 1.51. The monoisotopic (exact) mass is 453 g/mol. The van der Waals surface area contributed by atoms with Crippen molar-refractivity contribution in [3.8, 4) is 11.1 Å². The van der Waals surface area contributed by atoms with Gasteiger partial charge in [-0.2, -0.15) is 0 Å². The number of carbonyl (C=O) groups excluding carboxylic acids is 2. The highest BCUT2D eigenvalue weighted by Crippen LogP contribution is 2.32. The van der Waals surface area contributed by atoms with E-state index in [9.17, 15) is 18.0 Å². The van der Waals surface area contributed by atoms with Crippen molar-refractivity contribution in [2.75, 3.05) is 38.3 Å². The second-order valence-electron chi connectivity index (χ2n) is 8.06. The minimum atomic E-state index is -3.63. The summed E-state index contributed by atoms with van der Waals surface area (Å²) in [4.78, 5) is 36.7. The summed E-state index contributed by atoms with van der Waals surface area (Å²) < 4.78 is 24.5. The Bertz CT molecular complexity index is 1300. The molecule has 0 radical (unpaired) electrons. The highest BCUT2D eigenvalue weighted by Gasteiger charge is 2.34. The Hall–Kier alpha value is -3.53. The van der Waals surface area contributed by atoms with E-state index in [-0.39, 0.29) is 17.4 Å². The van der Waals surface area contributed by atoms with Crippen LogP contribution in [0.3, 0.4) is 0 Å². The number of carbonyl (C=O) groups is 2. The number of nitrogens with one attached hydrogen (secondary N) is 1. The summed E-state index contributed by atoms with van der Waals surface area (Å²) in [5, 5.41) is 0.897. The Morgan fingerprint density at radius 1 is 1.09 bits per heavy atom. The van der Waals surface area contributed by atoms with Crippen molar-refractivity contribution in [1.29, 1.82) is 0 Å². The molecule has 10 heteroatoms. The summed E-state index contributed by atoms with van der Waals surface area (Å²) >= 11 is 0. The molecule has 0 unspecified atom stereocenters. The molecular weight excluding hydrogens is 430 g/mol. The van der Waals surface area contributed by atoms with E-state index in [1.807, 2.05) is 10.8 Å². The zero-order chi connectivity index (χ0) is 23.0. The van der Waals surface area contributed by atoms with E-state index in [0.29, 0.717) is 13.1 Å². The normalized spacial score (nSPS) is 14.2. The maximum atomic E-state index is 12.1. The fourth-order valence-electron chi connectivity index (χ4n) is 3.68. The maximum Gasteiger partial charge on any atom is 0.264 e. The highest BCUT2D eigenvalue weighted by atomic mass is 32.2. The molecule has 2 amide bonds.